The molecule has 0 aliphatic carbocycles. The summed E-state index contributed by atoms with van der Waals surface area (Å²) >= 11 is 0. The smallest absolute Gasteiger partial charge is 0.228 e. The number of aryl methyl sites for hydroxylation is 1. The van der Waals surface area contributed by atoms with Gasteiger partial charge in [-0.05, 0) is 17.5 Å². The highest BCUT2D eigenvalue weighted by Gasteiger charge is 2.29. The van der Waals surface area contributed by atoms with E-state index in [4.69, 9.17) is 0 Å². The molecule has 1 aromatic rings. The minimum absolute atomic E-state index is 0.0287. The second-order valence-corrected chi connectivity index (χ2v) is 5.07. The Morgan fingerprint density at radius 3 is 2.47 bits per heavy atom. The number of amides is 2. The van der Waals surface area contributed by atoms with Gasteiger partial charge in [-0.25, -0.2) is 0 Å². The summed E-state index contributed by atoms with van der Waals surface area (Å²) in [5.41, 5.74) is 2.41. The first-order valence-corrected chi connectivity index (χ1v) is 6.69. The van der Waals surface area contributed by atoms with E-state index in [2.05, 4.69) is 36.5 Å². The van der Waals surface area contributed by atoms with Gasteiger partial charge in [-0.3, -0.25) is 9.59 Å². The number of carbonyl (C=O) groups is 2. The summed E-state index contributed by atoms with van der Waals surface area (Å²) in [7, 11) is 1.79. The average molecular weight is 260 g/mol. The van der Waals surface area contributed by atoms with Crippen molar-refractivity contribution in [2.45, 2.75) is 26.3 Å². The third-order valence-corrected chi connectivity index (χ3v) is 3.55. The molecule has 0 radical (unpaired) electrons. The zero-order chi connectivity index (χ0) is 13.8. The van der Waals surface area contributed by atoms with Gasteiger partial charge in [0.1, 0.15) is 0 Å². The van der Waals surface area contributed by atoms with E-state index < -0.39 is 0 Å². The van der Waals surface area contributed by atoms with Crippen LogP contribution in [0.15, 0.2) is 24.3 Å². The number of benzene rings is 1. The molecular formula is C15H20N2O2. The van der Waals surface area contributed by atoms with E-state index in [1.807, 2.05) is 0 Å². The lowest BCUT2D eigenvalue weighted by molar-refractivity contribution is -0.135. The Labute approximate surface area is 113 Å². The minimum Gasteiger partial charge on any atom is -0.355 e. The van der Waals surface area contributed by atoms with Crippen LogP contribution in [-0.2, 0) is 22.6 Å². The minimum atomic E-state index is -0.201. The second-order valence-electron chi connectivity index (χ2n) is 5.07. The molecule has 0 saturated carbocycles. The molecule has 0 aromatic heterocycles. The van der Waals surface area contributed by atoms with Crippen molar-refractivity contribution < 1.29 is 9.59 Å². The van der Waals surface area contributed by atoms with E-state index in [-0.39, 0.29) is 17.7 Å². The molecule has 4 heteroatoms. The maximum Gasteiger partial charge on any atom is 0.228 e. The lowest BCUT2D eigenvalue weighted by atomic mass is 10.1. The van der Waals surface area contributed by atoms with Gasteiger partial charge in [0.05, 0.1) is 5.92 Å². The SMILES string of the molecule is CCc1ccc(CN(C)C(=O)C2CNC(=O)C2)cc1. The first kappa shape index (κ1) is 13.6. The Balaban J connectivity index is 1.94. The summed E-state index contributed by atoms with van der Waals surface area (Å²) in [6.07, 6.45) is 1.34. The van der Waals surface area contributed by atoms with Gasteiger partial charge in [-0.15, -0.1) is 0 Å². The molecule has 1 aliphatic rings. The summed E-state index contributed by atoms with van der Waals surface area (Å²) in [6, 6.07) is 8.30. The largest absolute Gasteiger partial charge is 0.355 e. The number of rotatable bonds is 4. The molecule has 4 nitrogen and oxygen atoms in total. The third kappa shape index (κ3) is 3.34. The van der Waals surface area contributed by atoms with Crippen LogP contribution in [0.3, 0.4) is 0 Å². The van der Waals surface area contributed by atoms with Crippen LogP contribution >= 0.6 is 0 Å². The molecule has 1 fully saturated rings. The Morgan fingerprint density at radius 1 is 1.32 bits per heavy atom. The molecule has 1 aliphatic heterocycles. The van der Waals surface area contributed by atoms with Crippen LogP contribution in [0.4, 0.5) is 0 Å². The normalized spacial score (nSPS) is 18.2. The molecule has 102 valence electrons. The Bertz CT molecular complexity index is 468. The summed E-state index contributed by atoms with van der Waals surface area (Å²) in [4.78, 5) is 25.0. The Kier molecular flexibility index (Phi) is 4.20. The van der Waals surface area contributed by atoms with E-state index >= 15 is 0 Å². The predicted molar refractivity (Wildman–Crippen MR) is 73.4 cm³/mol. The van der Waals surface area contributed by atoms with Gasteiger partial charge in [-0.1, -0.05) is 31.2 Å². The van der Waals surface area contributed by atoms with Gasteiger partial charge in [0.25, 0.3) is 0 Å². The highest BCUT2D eigenvalue weighted by molar-refractivity contribution is 5.89. The maximum absolute atomic E-state index is 12.2. The standard InChI is InChI=1S/C15H20N2O2/c1-3-11-4-6-12(7-5-11)10-17(2)15(19)13-8-14(18)16-9-13/h4-7,13H,3,8-10H2,1-2H3,(H,16,18). The van der Waals surface area contributed by atoms with Crippen LogP contribution in [0.1, 0.15) is 24.5 Å². The van der Waals surface area contributed by atoms with Crippen molar-refractivity contribution in [2.75, 3.05) is 13.6 Å². The first-order valence-electron chi connectivity index (χ1n) is 6.69. The second kappa shape index (κ2) is 5.87. The van der Waals surface area contributed by atoms with Crippen molar-refractivity contribution in [1.82, 2.24) is 10.2 Å². The zero-order valence-electron chi connectivity index (χ0n) is 11.5. The van der Waals surface area contributed by atoms with Crippen LogP contribution in [0.2, 0.25) is 0 Å². The van der Waals surface area contributed by atoms with Gasteiger partial charge in [-0.2, -0.15) is 0 Å². The first-order chi connectivity index (χ1) is 9.10. The third-order valence-electron chi connectivity index (χ3n) is 3.55. The van der Waals surface area contributed by atoms with Crippen molar-refractivity contribution >= 4 is 11.8 Å². The van der Waals surface area contributed by atoms with Crippen molar-refractivity contribution in [1.29, 1.82) is 0 Å². The van der Waals surface area contributed by atoms with E-state index in [1.165, 1.54) is 5.56 Å². The molecule has 1 unspecified atom stereocenters. The van der Waals surface area contributed by atoms with Crippen molar-refractivity contribution in [3.63, 3.8) is 0 Å². The number of hydrogen-bond donors (Lipinski definition) is 1. The molecular weight excluding hydrogens is 240 g/mol. The monoisotopic (exact) mass is 260 g/mol. The molecule has 1 atom stereocenters. The molecule has 0 spiro atoms. The van der Waals surface area contributed by atoms with Crippen molar-refractivity contribution in [2.24, 2.45) is 5.92 Å². The summed E-state index contributed by atoms with van der Waals surface area (Å²) in [5, 5.41) is 2.70. The van der Waals surface area contributed by atoms with Crippen LogP contribution in [0.5, 0.6) is 0 Å². The van der Waals surface area contributed by atoms with Gasteiger partial charge < -0.3 is 10.2 Å². The van der Waals surface area contributed by atoms with E-state index in [1.54, 1.807) is 11.9 Å². The number of nitrogens with zero attached hydrogens (tertiary/aromatic N) is 1. The van der Waals surface area contributed by atoms with Crippen LogP contribution in [0, 0.1) is 5.92 Å². The van der Waals surface area contributed by atoms with E-state index in [0.29, 0.717) is 19.5 Å². The van der Waals surface area contributed by atoms with Crippen LogP contribution < -0.4 is 5.32 Å². The van der Waals surface area contributed by atoms with Crippen molar-refractivity contribution in [3.05, 3.63) is 35.4 Å². The highest BCUT2D eigenvalue weighted by Crippen LogP contribution is 2.14. The molecule has 1 saturated heterocycles. The van der Waals surface area contributed by atoms with Gasteiger partial charge in [0.2, 0.25) is 11.8 Å². The van der Waals surface area contributed by atoms with Gasteiger partial charge in [0.15, 0.2) is 0 Å². The fraction of sp³-hybridized carbons (Fsp3) is 0.467. The predicted octanol–water partition coefficient (Wildman–Crippen LogP) is 1.34. The summed E-state index contributed by atoms with van der Waals surface area (Å²) in [5.74, 6) is -0.190. The Hall–Kier alpha value is -1.84. The van der Waals surface area contributed by atoms with E-state index in [9.17, 15) is 9.59 Å². The zero-order valence-corrected chi connectivity index (χ0v) is 11.5. The van der Waals surface area contributed by atoms with Gasteiger partial charge in [0, 0.05) is 26.6 Å². The molecule has 1 N–H and O–H groups in total. The molecule has 1 heterocycles. The Morgan fingerprint density at radius 2 is 1.95 bits per heavy atom. The summed E-state index contributed by atoms with van der Waals surface area (Å²) < 4.78 is 0. The van der Waals surface area contributed by atoms with Crippen molar-refractivity contribution in [3.8, 4) is 0 Å². The lowest BCUT2D eigenvalue weighted by Crippen LogP contribution is -2.33. The molecule has 19 heavy (non-hydrogen) atoms. The quantitative estimate of drug-likeness (QED) is 0.888. The number of nitrogens with one attached hydrogen (secondary N) is 1. The maximum atomic E-state index is 12.2. The number of carbonyl (C=O) groups excluding carboxylic acids is 2. The lowest BCUT2D eigenvalue weighted by Gasteiger charge is -2.20. The topological polar surface area (TPSA) is 49.4 Å². The fourth-order valence-corrected chi connectivity index (χ4v) is 2.32. The summed E-state index contributed by atoms with van der Waals surface area (Å²) in [6.45, 7) is 3.18. The van der Waals surface area contributed by atoms with Crippen LogP contribution in [0.25, 0.3) is 0 Å². The van der Waals surface area contributed by atoms with Crippen LogP contribution in [-0.4, -0.2) is 30.3 Å². The molecule has 2 rings (SSSR count). The van der Waals surface area contributed by atoms with Gasteiger partial charge >= 0.3 is 0 Å². The molecule has 0 bridgehead atoms. The molecule has 1 aromatic carbocycles. The number of hydrogen-bond acceptors (Lipinski definition) is 2. The fourth-order valence-electron chi connectivity index (χ4n) is 2.32. The average Bonchev–Trinajstić information content (AvgIpc) is 2.85. The highest BCUT2D eigenvalue weighted by atomic mass is 16.2. The molecule has 2 amide bonds. The van der Waals surface area contributed by atoms with E-state index in [0.717, 1.165) is 12.0 Å².